The van der Waals surface area contributed by atoms with E-state index in [1.807, 2.05) is 12.3 Å². The minimum Gasteiger partial charge on any atom is -0.481 e. The van der Waals surface area contributed by atoms with Crippen molar-refractivity contribution in [2.24, 2.45) is 5.73 Å². The number of carboxylic acid groups (broad SMARTS) is 1. The number of aromatic nitrogens is 1. The van der Waals surface area contributed by atoms with Crippen LogP contribution in [0.1, 0.15) is 17.1 Å². The number of nitrogens with two attached hydrogens (primary N) is 1. The number of amides is 1. The minimum absolute atomic E-state index is 0.274. The van der Waals surface area contributed by atoms with Gasteiger partial charge in [0.2, 0.25) is 5.91 Å². The molecule has 0 aromatic carbocycles. The van der Waals surface area contributed by atoms with Crippen LogP contribution in [0.3, 0.4) is 0 Å². The first-order chi connectivity index (χ1) is 7.49. The van der Waals surface area contributed by atoms with Gasteiger partial charge in [0.05, 0.1) is 29.7 Å². The van der Waals surface area contributed by atoms with Gasteiger partial charge in [-0.05, 0) is 6.92 Å². The van der Waals surface area contributed by atoms with Gasteiger partial charge in [-0.1, -0.05) is 0 Å². The van der Waals surface area contributed by atoms with Crippen LogP contribution < -0.4 is 11.1 Å². The lowest BCUT2D eigenvalue weighted by atomic mass is 10.2. The van der Waals surface area contributed by atoms with Crippen molar-refractivity contribution in [3.05, 3.63) is 16.1 Å². The van der Waals surface area contributed by atoms with Crippen LogP contribution in [0.25, 0.3) is 0 Å². The van der Waals surface area contributed by atoms with Crippen molar-refractivity contribution in [2.45, 2.75) is 25.9 Å². The van der Waals surface area contributed by atoms with E-state index in [4.69, 9.17) is 10.8 Å². The van der Waals surface area contributed by atoms with Crippen LogP contribution in [-0.4, -0.2) is 28.0 Å². The van der Waals surface area contributed by atoms with Crippen LogP contribution in [0.15, 0.2) is 5.38 Å². The van der Waals surface area contributed by atoms with E-state index in [2.05, 4.69) is 10.3 Å². The van der Waals surface area contributed by atoms with E-state index >= 15 is 0 Å². The van der Waals surface area contributed by atoms with Crippen LogP contribution in [0.4, 0.5) is 0 Å². The van der Waals surface area contributed by atoms with E-state index < -0.39 is 17.9 Å². The zero-order valence-corrected chi connectivity index (χ0v) is 9.58. The summed E-state index contributed by atoms with van der Waals surface area (Å²) in [6, 6.07) is -1.02. The standard InChI is InChI=1S/C9H13N3O3S/c1-5-12-6(4-16-5)3-11-9(15)7(10)2-8(13)14/h4,7H,2-3,10H2,1H3,(H,11,15)(H,13,14). The Kier molecular flexibility index (Phi) is 4.39. The van der Waals surface area contributed by atoms with E-state index in [9.17, 15) is 9.59 Å². The van der Waals surface area contributed by atoms with Crippen molar-refractivity contribution in [1.82, 2.24) is 10.3 Å². The Balaban J connectivity index is 2.37. The summed E-state index contributed by atoms with van der Waals surface area (Å²) in [5, 5.41) is 13.7. The summed E-state index contributed by atoms with van der Waals surface area (Å²) >= 11 is 1.49. The second kappa shape index (κ2) is 5.57. The van der Waals surface area contributed by atoms with Crippen molar-refractivity contribution in [1.29, 1.82) is 0 Å². The van der Waals surface area contributed by atoms with Gasteiger partial charge in [-0.15, -0.1) is 11.3 Å². The fourth-order valence-electron chi connectivity index (χ4n) is 1.08. The molecule has 16 heavy (non-hydrogen) atoms. The van der Waals surface area contributed by atoms with Crippen LogP contribution in [0.5, 0.6) is 0 Å². The highest BCUT2D eigenvalue weighted by molar-refractivity contribution is 7.09. The van der Waals surface area contributed by atoms with E-state index in [0.29, 0.717) is 0 Å². The number of aliphatic carboxylic acids is 1. The molecule has 4 N–H and O–H groups in total. The largest absolute Gasteiger partial charge is 0.481 e. The van der Waals surface area contributed by atoms with E-state index in [0.717, 1.165) is 10.7 Å². The molecule has 1 heterocycles. The summed E-state index contributed by atoms with van der Waals surface area (Å²) in [4.78, 5) is 25.8. The monoisotopic (exact) mass is 243 g/mol. The van der Waals surface area contributed by atoms with Crippen LogP contribution in [-0.2, 0) is 16.1 Å². The second-order valence-corrected chi connectivity index (χ2v) is 4.34. The summed E-state index contributed by atoms with van der Waals surface area (Å²) in [5.74, 6) is -1.57. The molecule has 0 fully saturated rings. The lowest BCUT2D eigenvalue weighted by Crippen LogP contribution is -2.41. The van der Waals surface area contributed by atoms with Gasteiger partial charge in [0.1, 0.15) is 0 Å². The first kappa shape index (κ1) is 12.6. The first-order valence-corrected chi connectivity index (χ1v) is 5.53. The topological polar surface area (TPSA) is 105 Å². The molecule has 0 aliphatic carbocycles. The smallest absolute Gasteiger partial charge is 0.305 e. The molecular weight excluding hydrogens is 230 g/mol. The van der Waals surface area contributed by atoms with Gasteiger partial charge in [0.25, 0.3) is 0 Å². The highest BCUT2D eigenvalue weighted by Crippen LogP contribution is 2.07. The minimum atomic E-state index is -1.09. The average Bonchev–Trinajstić information content (AvgIpc) is 2.59. The molecular formula is C9H13N3O3S. The third-order valence-corrected chi connectivity index (χ3v) is 2.66. The number of carbonyl (C=O) groups is 2. The predicted octanol–water partition coefficient (Wildman–Crippen LogP) is -0.130. The SMILES string of the molecule is Cc1nc(CNC(=O)C(N)CC(=O)O)cs1. The Morgan fingerprint density at radius 1 is 1.69 bits per heavy atom. The van der Waals surface area contributed by atoms with Crippen molar-refractivity contribution in [3.63, 3.8) is 0 Å². The van der Waals surface area contributed by atoms with Crippen LogP contribution in [0.2, 0.25) is 0 Å². The van der Waals surface area contributed by atoms with Gasteiger partial charge < -0.3 is 16.2 Å². The zero-order chi connectivity index (χ0) is 12.1. The first-order valence-electron chi connectivity index (χ1n) is 4.65. The maximum absolute atomic E-state index is 11.3. The number of hydrogen-bond donors (Lipinski definition) is 3. The summed E-state index contributed by atoms with van der Waals surface area (Å²) < 4.78 is 0. The molecule has 0 saturated carbocycles. The molecule has 0 aliphatic heterocycles. The Bertz CT molecular complexity index is 391. The van der Waals surface area contributed by atoms with E-state index in [-0.39, 0.29) is 13.0 Å². The molecule has 7 heteroatoms. The molecule has 88 valence electrons. The molecule has 0 spiro atoms. The second-order valence-electron chi connectivity index (χ2n) is 3.28. The highest BCUT2D eigenvalue weighted by Gasteiger charge is 2.16. The number of nitrogens with zero attached hydrogens (tertiary/aromatic N) is 1. The maximum atomic E-state index is 11.3. The van der Waals surface area contributed by atoms with E-state index in [1.54, 1.807) is 0 Å². The average molecular weight is 243 g/mol. The van der Waals surface area contributed by atoms with Gasteiger partial charge >= 0.3 is 5.97 Å². The van der Waals surface area contributed by atoms with Crippen molar-refractivity contribution < 1.29 is 14.7 Å². The molecule has 1 aromatic heterocycles. The summed E-state index contributed by atoms with van der Waals surface area (Å²) in [6.45, 7) is 2.14. The number of rotatable bonds is 5. The van der Waals surface area contributed by atoms with Gasteiger partial charge in [-0.2, -0.15) is 0 Å². The summed E-state index contributed by atoms with van der Waals surface area (Å²) in [5.41, 5.74) is 6.13. The molecule has 6 nitrogen and oxygen atoms in total. The lowest BCUT2D eigenvalue weighted by molar-refractivity contribution is -0.139. The molecule has 0 bridgehead atoms. The van der Waals surface area contributed by atoms with Gasteiger partial charge in [-0.3, -0.25) is 9.59 Å². The molecule has 0 aliphatic rings. The Morgan fingerprint density at radius 2 is 2.38 bits per heavy atom. The maximum Gasteiger partial charge on any atom is 0.305 e. The summed E-state index contributed by atoms with van der Waals surface area (Å²) in [6.07, 6.45) is -0.373. The van der Waals surface area contributed by atoms with E-state index in [1.165, 1.54) is 11.3 Å². The van der Waals surface area contributed by atoms with Gasteiger partial charge in [0.15, 0.2) is 0 Å². The number of thiazole rings is 1. The Morgan fingerprint density at radius 3 is 2.88 bits per heavy atom. The highest BCUT2D eigenvalue weighted by atomic mass is 32.1. The van der Waals surface area contributed by atoms with Gasteiger partial charge in [-0.25, -0.2) is 4.98 Å². The number of aryl methyl sites for hydroxylation is 1. The van der Waals surface area contributed by atoms with Crippen LogP contribution >= 0.6 is 11.3 Å². The molecule has 1 unspecified atom stereocenters. The molecule has 1 atom stereocenters. The van der Waals surface area contributed by atoms with Crippen molar-refractivity contribution in [2.75, 3.05) is 0 Å². The normalized spacial score (nSPS) is 12.1. The Labute approximate surface area is 96.5 Å². The molecule has 0 radical (unpaired) electrons. The lowest BCUT2D eigenvalue weighted by Gasteiger charge is -2.08. The quantitative estimate of drug-likeness (QED) is 0.668. The van der Waals surface area contributed by atoms with Gasteiger partial charge in [0, 0.05) is 5.38 Å². The molecule has 0 saturated heterocycles. The fraction of sp³-hybridized carbons (Fsp3) is 0.444. The fourth-order valence-corrected chi connectivity index (χ4v) is 1.69. The van der Waals surface area contributed by atoms with Crippen molar-refractivity contribution in [3.8, 4) is 0 Å². The summed E-state index contributed by atoms with van der Waals surface area (Å²) in [7, 11) is 0. The number of carbonyl (C=O) groups excluding carboxylic acids is 1. The zero-order valence-electron chi connectivity index (χ0n) is 8.77. The predicted molar refractivity (Wildman–Crippen MR) is 58.9 cm³/mol. The number of nitrogens with one attached hydrogen (secondary N) is 1. The third kappa shape index (κ3) is 3.95. The molecule has 1 amide bonds. The molecule has 1 aromatic rings. The third-order valence-electron chi connectivity index (χ3n) is 1.84. The number of hydrogen-bond acceptors (Lipinski definition) is 5. The Hall–Kier alpha value is -1.47. The van der Waals surface area contributed by atoms with Crippen molar-refractivity contribution >= 4 is 23.2 Å². The molecule has 1 rings (SSSR count). The van der Waals surface area contributed by atoms with Crippen LogP contribution in [0, 0.1) is 6.92 Å². The number of carboxylic acids is 1.